The molecule has 0 saturated heterocycles. The molecule has 21 heavy (non-hydrogen) atoms. The third-order valence-corrected chi connectivity index (χ3v) is 4.60. The summed E-state index contributed by atoms with van der Waals surface area (Å²) in [5.74, 6) is 0.849. The number of ether oxygens (including phenoxy) is 2. The van der Waals surface area contributed by atoms with E-state index in [1.165, 1.54) is 25.7 Å². The molecule has 3 atom stereocenters. The largest absolute Gasteiger partial charge is 0.380 e. The van der Waals surface area contributed by atoms with Gasteiger partial charge >= 0.3 is 0 Å². The summed E-state index contributed by atoms with van der Waals surface area (Å²) in [4.78, 5) is 2.51. The predicted octanol–water partition coefficient (Wildman–Crippen LogP) is 2.66. The highest BCUT2D eigenvalue weighted by Gasteiger charge is 2.31. The van der Waals surface area contributed by atoms with Crippen LogP contribution in [0, 0.1) is 5.92 Å². The van der Waals surface area contributed by atoms with E-state index in [4.69, 9.17) is 15.2 Å². The molecule has 0 aliphatic heterocycles. The summed E-state index contributed by atoms with van der Waals surface area (Å²) in [6.45, 7) is 11.5. The number of hydrogen-bond donors (Lipinski definition) is 1. The first-order valence-corrected chi connectivity index (χ1v) is 8.87. The molecule has 3 unspecified atom stereocenters. The molecule has 4 nitrogen and oxygen atoms in total. The smallest absolute Gasteiger partial charge is 0.0593 e. The van der Waals surface area contributed by atoms with E-state index in [1.54, 1.807) is 0 Å². The molecule has 0 aromatic rings. The van der Waals surface area contributed by atoms with Crippen LogP contribution in [0.2, 0.25) is 0 Å². The maximum absolute atomic E-state index is 6.42. The third kappa shape index (κ3) is 7.09. The maximum atomic E-state index is 6.42. The Labute approximate surface area is 131 Å². The van der Waals surface area contributed by atoms with Crippen molar-refractivity contribution < 1.29 is 9.47 Å². The first-order valence-electron chi connectivity index (χ1n) is 8.87. The fourth-order valence-corrected chi connectivity index (χ4v) is 3.44. The van der Waals surface area contributed by atoms with Gasteiger partial charge in [-0.25, -0.2) is 0 Å². The second kappa shape index (κ2) is 11.4. The molecule has 0 aromatic carbocycles. The van der Waals surface area contributed by atoms with Crippen molar-refractivity contribution in [3.63, 3.8) is 0 Å². The molecule has 0 aromatic heterocycles. The van der Waals surface area contributed by atoms with Crippen molar-refractivity contribution in [3.05, 3.63) is 0 Å². The molecule has 1 aliphatic carbocycles. The fraction of sp³-hybridized carbons (Fsp3) is 1.00. The van der Waals surface area contributed by atoms with Crippen molar-refractivity contribution in [1.82, 2.24) is 4.90 Å². The van der Waals surface area contributed by atoms with E-state index >= 15 is 0 Å². The van der Waals surface area contributed by atoms with Crippen LogP contribution in [0.15, 0.2) is 0 Å². The Kier molecular flexibility index (Phi) is 10.3. The highest BCUT2D eigenvalue weighted by Crippen LogP contribution is 2.30. The number of rotatable bonds is 11. The van der Waals surface area contributed by atoms with Gasteiger partial charge in [-0.05, 0) is 39.0 Å². The zero-order chi connectivity index (χ0) is 15.5. The molecule has 0 bridgehead atoms. The van der Waals surface area contributed by atoms with Crippen molar-refractivity contribution in [2.75, 3.05) is 39.5 Å². The maximum Gasteiger partial charge on any atom is 0.0593 e. The van der Waals surface area contributed by atoms with Crippen LogP contribution in [0.4, 0.5) is 0 Å². The standard InChI is InChI=1S/C17H36N2O2/c1-4-7-15-8-9-16(18)17(14-15)19(10-12-20-5-2)11-13-21-6-3/h15-17H,4-14,18H2,1-3H3. The summed E-state index contributed by atoms with van der Waals surface area (Å²) in [7, 11) is 0. The summed E-state index contributed by atoms with van der Waals surface area (Å²) in [5, 5.41) is 0. The van der Waals surface area contributed by atoms with Crippen molar-refractivity contribution in [2.24, 2.45) is 11.7 Å². The summed E-state index contributed by atoms with van der Waals surface area (Å²) in [6, 6.07) is 0.803. The Morgan fingerprint density at radius 2 is 1.62 bits per heavy atom. The van der Waals surface area contributed by atoms with E-state index in [9.17, 15) is 0 Å². The molecule has 0 spiro atoms. The normalized spacial score (nSPS) is 26.4. The average molecular weight is 300 g/mol. The predicted molar refractivity (Wildman–Crippen MR) is 88.6 cm³/mol. The van der Waals surface area contributed by atoms with Crippen molar-refractivity contribution >= 4 is 0 Å². The van der Waals surface area contributed by atoms with Gasteiger partial charge in [0.15, 0.2) is 0 Å². The quantitative estimate of drug-likeness (QED) is 0.596. The molecule has 1 saturated carbocycles. The first kappa shape index (κ1) is 18.9. The lowest BCUT2D eigenvalue weighted by Crippen LogP contribution is -2.53. The molecular formula is C17H36N2O2. The molecule has 0 radical (unpaired) electrons. The summed E-state index contributed by atoms with van der Waals surface area (Å²) >= 11 is 0. The van der Waals surface area contributed by atoms with Crippen LogP contribution >= 0.6 is 0 Å². The van der Waals surface area contributed by atoms with Gasteiger partial charge in [0, 0.05) is 38.4 Å². The Morgan fingerprint density at radius 1 is 1.00 bits per heavy atom. The zero-order valence-corrected chi connectivity index (χ0v) is 14.4. The molecular weight excluding hydrogens is 264 g/mol. The lowest BCUT2D eigenvalue weighted by atomic mass is 9.80. The molecule has 0 heterocycles. The Morgan fingerprint density at radius 3 is 2.14 bits per heavy atom. The molecule has 1 aliphatic rings. The molecule has 4 heteroatoms. The Hall–Kier alpha value is -0.160. The highest BCUT2D eigenvalue weighted by molar-refractivity contribution is 4.89. The van der Waals surface area contributed by atoms with Gasteiger partial charge in [-0.3, -0.25) is 4.90 Å². The van der Waals surface area contributed by atoms with E-state index in [1.807, 2.05) is 13.8 Å². The van der Waals surface area contributed by atoms with Gasteiger partial charge in [-0.15, -0.1) is 0 Å². The SMILES string of the molecule is CCCC1CCC(N)C(N(CCOCC)CCOCC)C1. The van der Waals surface area contributed by atoms with Gasteiger partial charge in [0.05, 0.1) is 13.2 Å². The second-order valence-electron chi connectivity index (χ2n) is 6.13. The third-order valence-electron chi connectivity index (χ3n) is 4.60. The second-order valence-corrected chi connectivity index (χ2v) is 6.13. The molecule has 126 valence electrons. The van der Waals surface area contributed by atoms with Gasteiger partial charge in [0.25, 0.3) is 0 Å². The van der Waals surface area contributed by atoms with Gasteiger partial charge in [0.2, 0.25) is 0 Å². The molecule has 0 amide bonds. The fourth-order valence-electron chi connectivity index (χ4n) is 3.44. The van der Waals surface area contributed by atoms with E-state index < -0.39 is 0 Å². The van der Waals surface area contributed by atoms with Crippen LogP contribution in [0.25, 0.3) is 0 Å². The number of hydrogen-bond acceptors (Lipinski definition) is 4. The van der Waals surface area contributed by atoms with Gasteiger partial charge < -0.3 is 15.2 Å². The van der Waals surface area contributed by atoms with Crippen LogP contribution in [-0.2, 0) is 9.47 Å². The summed E-state index contributed by atoms with van der Waals surface area (Å²) in [6.07, 6.45) is 6.33. The van der Waals surface area contributed by atoms with Crippen LogP contribution in [-0.4, -0.2) is 56.5 Å². The minimum absolute atomic E-state index is 0.307. The van der Waals surface area contributed by atoms with E-state index in [0.29, 0.717) is 12.1 Å². The molecule has 2 N–H and O–H groups in total. The van der Waals surface area contributed by atoms with Crippen molar-refractivity contribution in [1.29, 1.82) is 0 Å². The van der Waals surface area contributed by atoms with Gasteiger partial charge in [-0.1, -0.05) is 19.8 Å². The van der Waals surface area contributed by atoms with E-state index in [2.05, 4.69) is 11.8 Å². The molecule has 1 fully saturated rings. The van der Waals surface area contributed by atoms with Crippen molar-refractivity contribution in [2.45, 2.75) is 65.0 Å². The van der Waals surface area contributed by atoms with Crippen LogP contribution in [0.5, 0.6) is 0 Å². The van der Waals surface area contributed by atoms with Crippen molar-refractivity contribution in [3.8, 4) is 0 Å². The van der Waals surface area contributed by atoms with Crippen LogP contribution in [0.1, 0.15) is 52.9 Å². The first-order chi connectivity index (χ1) is 10.2. The van der Waals surface area contributed by atoms with Gasteiger partial charge in [-0.2, -0.15) is 0 Å². The topological polar surface area (TPSA) is 47.7 Å². The van der Waals surface area contributed by atoms with Crippen LogP contribution < -0.4 is 5.73 Å². The number of nitrogens with zero attached hydrogens (tertiary/aromatic N) is 1. The lowest BCUT2D eigenvalue weighted by molar-refractivity contribution is 0.0379. The summed E-state index contributed by atoms with van der Waals surface area (Å²) in [5.41, 5.74) is 6.42. The van der Waals surface area contributed by atoms with E-state index in [0.717, 1.165) is 51.9 Å². The minimum Gasteiger partial charge on any atom is -0.380 e. The van der Waals surface area contributed by atoms with Crippen LogP contribution in [0.3, 0.4) is 0 Å². The lowest BCUT2D eigenvalue weighted by Gasteiger charge is -2.41. The average Bonchev–Trinajstić information content (AvgIpc) is 2.48. The highest BCUT2D eigenvalue weighted by atomic mass is 16.5. The monoisotopic (exact) mass is 300 g/mol. The summed E-state index contributed by atoms with van der Waals surface area (Å²) < 4.78 is 11.1. The zero-order valence-electron chi connectivity index (χ0n) is 14.4. The molecule has 1 rings (SSSR count). The van der Waals surface area contributed by atoms with E-state index in [-0.39, 0.29) is 0 Å². The Bertz CT molecular complexity index is 241. The minimum atomic E-state index is 0.307. The van der Waals surface area contributed by atoms with Gasteiger partial charge in [0.1, 0.15) is 0 Å². The Balaban J connectivity index is 2.54. The number of nitrogens with two attached hydrogens (primary N) is 1.